The molecule has 6 nitrogen and oxygen atoms in total. The topological polar surface area (TPSA) is 69.6 Å². The number of nitrogens with one attached hydrogen (secondary N) is 2. The lowest BCUT2D eigenvalue weighted by Crippen LogP contribution is -2.37. The summed E-state index contributed by atoms with van der Waals surface area (Å²) in [5, 5.41) is 8.67. The van der Waals surface area contributed by atoms with Gasteiger partial charge in [-0.3, -0.25) is 9.79 Å². The Morgan fingerprint density at radius 1 is 1.32 bits per heavy atom. The smallest absolute Gasteiger partial charge is 0.227 e. The first-order valence-corrected chi connectivity index (χ1v) is 11.0. The van der Waals surface area contributed by atoms with Crippen molar-refractivity contribution in [1.29, 1.82) is 0 Å². The van der Waals surface area contributed by atoms with Crippen molar-refractivity contribution in [1.82, 2.24) is 15.6 Å². The molecule has 1 aliphatic heterocycles. The molecule has 0 radical (unpaired) electrons. The molecule has 3 rings (SSSR count). The van der Waals surface area contributed by atoms with E-state index < -0.39 is 0 Å². The Balaban J connectivity index is 0.00000280. The fourth-order valence-corrected chi connectivity index (χ4v) is 4.49. The van der Waals surface area contributed by atoms with Crippen LogP contribution >= 0.6 is 47.1 Å². The van der Waals surface area contributed by atoms with E-state index >= 15 is 0 Å². The van der Waals surface area contributed by atoms with Gasteiger partial charge in [0, 0.05) is 56.1 Å². The number of hydrogen-bond donors (Lipinski definition) is 2. The molecule has 152 valence electrons. The molecule has 0 unspecified atom stereocenters. The third-order valence-corrected chi connectivity index (χ3v) is 6.31. The van der Waals surface area contributed by atoms with Crippen LogP contribution in [0.15, 0.2) is 45.2 Å². The third-order valence-electron chi connectivity index (χ3n) is 4.25. The summed E-state index contributed by atoms with van der Waals surface area (Å²) in [6.07, 6.45) is 4.50. The van der Waals surface area contributed by atoms with Crippen molar-refractivity contribution in [2.75, 3.05) is 30.8 Å². The van der Waals surface area contributed by atoms with E-state index in [0.29, 0.717) is 13.0 Å². The molecule has 1 aliphatic rings. The van der Waals surface area contributed by atoms with Crippen LogP contribution < -0.4 is 15.5 Å². The van der Waals surface area contributed by atoms with Crippen molar-refractivity contribution >= 4 is 64.6 Å². The first kappa shape index (κ1) is 23.0. The number of carbonyl (C=O) groups excluding carboxylic acids is 1. The summed E-state index contributed by atoms with van der Waals surface area (Å²) in [5.74, 6) is 2.06. The summed E-state index contributed by atoms with van der Waals surface area (Å²) in [4.78, 5) is 22.2. The zero-order valence-electron chi connectivity index (χ0n) is 15.9. The fraction of sp³-hybridized carbons (Fsp3) is 0.421. The van der Waals surface area contributed by atoms with E-state index in [-0.39, 0.29) is 29.9 Å². The first-order valence-electron chi connectivity index (χ1n) is 9.12. The highest BCUT2D eigenvalue weighted by molar-refractivity contribution is 14.0. The van der Waals surface area contributed by atoms with Crippen LogP contribution in [0.1, 0.15) is 24.8 Å². The summed E-state index contributed by atoms with van der Waals surface area (Å²) < 4.78 is 1.12. The van der Waals surface area contributed by atoms with Gasteiger partial charge < -0.3 is 15.5 Å². The number of aliphatic imine (C=N–C) groups is 1. The summed E-state index contributed by atoms with van der Waals surface area (Å²) in [6.45, 7) is 2.39. The Morgan fingerprint density at radius 3 is 2.79 bits per heavy atom. The molecule has 28 heavy (non-hydrogen) atoms. The normalized spacial score (nSPS) is 14.1. The number of amides is 1. The minimum atomic E-state index is 0. The van der Waals surface area contributed by atoms with Gasteiger partial charge in [0.05, 0.1) is 0 Å². The molecular weight excluding hydrogens is 505 g/mol. The molecule has 0 saturated carbocycles. The second-order valence-corrected chi connectivity index (χ2v) is 8.40. The fourth-order valence-electron chi connectivity index (χ4n) is 2.84. The number of halogens is 1. The summed E-state index contributed by atoms with van der Waals surface area (Å²) in [7, 11) is 1.78. The Bertz CT molecular complexity index is 752. The van der Waals surface area contributed by atoms with Crippen LogP contribution in [-0.2, 0) is 11.3 Å². The molecule has 2 N–H and O–H groups in total. The molecule has 0 aliphatic carbocycles. The number of carbonyl (C=O) groups is 1. The summed E-state index contributed by atoms with van der Waals surface area (Å²) in [5.41, 5.74) is 2.15. The Kier molecular flexibility index (Phi) is 10.1. The number of anilines is 1. The van der Waals surface area contributed by atoms with E-state index in [2.05, 4.69) is 32.7 Å². The monoisotopic (exact) mass is 531 g/mol. The van der Waals surface area contributed by atoms with Gasteiger partial charge in [-0.25, -0.2) is 4.98 Å². The molecule has 0 spiro atoms. The molecule has 2 aromatic rings. The van der Waals surface area contributed by atoms with Crippen molar-refractivity contribution in [3.63, 3.8) is 0 Å². The zero-order valence-corrected chi connectivity index (χ0v) is 19.9. The number of thioether (sulfide) groups is 1. The van der Waals surface area contributed by atoms with Gasteiger partial charge in [0.15, 0.2) is 5.96 Å². The second-order valence-electron chi connectivity index (χ2n) is 6.17. The predicted molar refractivity (Wildman–Crippen MR) is 129 cm³/mol. The van der Waals surface area contributed by atoms with Crippen LogP contribution in [0.2, 0.25) is 0 Å². The van der Waals surface area contributed by atoms with Gasteiger partial charge in [0.1, 0.15) is 4.34 Å². The van der Waals surface area contributed by atoms with Gasteiger partial charge in [-0.1, -0.05) is 23.9 Å². The molecule has 1 aromatic heterocycles. The Morgan fingerprint density at radius 2 is 2.14 bits per heavy atom. The van der Waals surface area contributed by atoms with Crippen LogP contribution in [0.4, 0.5) is 5.69 Å². The van der Waals surface area contributed by atoms with Gasteiger partial charge >= 0.3 is 0 Å². The lowest BCUT2D eigenvalue weighted by Gasteiger charge is -2.16. The molecule has 0 atom stereocenters. The molecular formula is C19H26IN5OS2. The quantitative estimate of drug-likeness (QED) is 0.179. The van der Waals surface area contributed by atoms with Gasteiger partial charge in [-0.2, -0.15) is 0 Å². The molecule has 1 fully saturated rings. The van der Waals surface area contributed by atoms with Crippen molar-refractivity contribution in [3.05, 3.63) is 41.4 Å². The lowest BCUT2D eigenvalue weighted by molar-refractivity contribution is -0.117. The van der Waals surface area contributed by atoms with Crippen molar-refractivity contribution in [2.24, 2.45) is 4.99 Å². The van der Waals surface area contributed by atoms with E-state index in [4.69, 9.17) is 0 Å². The highest BCUT2D eigenvalue weighted by Gasteiger charge is 2.21. The minimum Gasteiger partial charge on any atom is -0.356 e. The largest absolute Gasteiger partial charge is 0.356 e. The summed E-state index contributed by atoms with van der Waals surface area (Å²) in [6, 6.07) is 8.16. The van der Waals surface area contributed by atoms with Gasteiger partial charge in [0.25, 0.3) is 0 Å². The number of hydrogen-bond acceptors (Lipinski definition) is 5. The number of rotatable bonds is 8. The highest BCUT2D eigenvalue weighted by Crippen LogP contribution is 2.22. The summed E-state index contributed by atoms with van der Waals surface area (Å²) >= 11 is 3.47. The van der Waals surface area contributed by atoms with Crippen LogP contribution in [0.25, 0.3) is 0 Å². The maximum absolute atomic E-state index is 11.8. The standard InChI is InChI=1S/C19H25N5OS2.HI/c1-20-18(21-9-3-12-26-19-22-10-13-27-19)23-14-15-5-7-16(8-6-15)24-11-2-4-17(24)25;/h5-8,10,13H,2-4,9,11-12,14H2,1H3,(H2,20,21,23);1H. The first-order chi connectivity index (χ1) is 13.3. The number of nitrogens with zero attached hydrogens (tertiary/aromatic N) is 3. The highest BCUT2D eigenvalue weighted by atomic mass is 127. The average molecular weight is 531 g/mol. The molecule has 1 aromatic carbocycles. The van der Waals surface area contributed by atoms with Crippen molar-refractivity contribution in [3.8, 4) is 0 Å². The average Bonchev–Trinajstić information content (AvgIpc) is 3.36. The maximum Gasteiger partial charge on any atom is 0.227 e. The van der Waals surface area contributed by atoms with Gasteiger partial charge in [-0.05, 0) is 30.5 Å². The van der Waals surface area contributed by atoms with Gasteiger partial charge in [0.2, 0.25) is 5.91 Å². The molecule has 9 heteroatoms. The Hall–Kier alpha value is -1.33. The van der Waals surface area contributed by atoms with Crippen molar-refractivity contribution in [2.45, 2.75) is 30.1 Å². The number of guanidine groups is 1. The predicted octanol–water partition coefficient (Wildman–Crippen LogP) is 3.74. The van der Waals surface area contributed by atoms with E-state index in [1.165, 1.54) is 0 Å². The van der Waals surface area contributed by atoms with Crippen LogP contribution in [0.3, 0.4) is 0 Å². The van der Waals surface area contributed by atoms with Crippen LogP contribution in [-0.4, -0.2) is 42.7 Å². The zero-order chi connectivity index (χ0) is 18.9. The van der Waals surface area contributed by atoms with Crippen LogP contribution in [0.5, 0.6) is 0 Å². The van der Waals surface area contributed by atoms with Crippen molar-refractivity contribution < 1.29 is 4.79 Å². The minimum absolute atomic E-state index is 0. The van der Waals surface area contributed by atoms with E-state index in [0.717, 1.165) is 53.2 Å². The second kappa shape index (κ2) is 12.3. The van der Waals surface area contributed by atoms with E-state index in [1.807, 2.05) is 28.6 Å². The maximum atomic E-state index is 11.8. The lowest BCUT2D eigenvalue weighted by atomic mass is 10.2. The molecule has 1 saturated heterocycles. The number of benzene rings is 1. The third kappa shape index (κ3) is 6.93. The molecule has 0 bridgehead atoms. The van der Waals surface area contributed by atoms with Gasteiger partial charge in [-0.15, -0.1) is 35.3 Å². The van der Waals surface area contributed by atoms with Crippen LogP contribution in [0, 0.1) is 0 Å². The van der Waals surface area contributed by atoms with E-state index in [9.17, 15) is 4.79 Å². The SMILES string of the molecule is CN=C(NCCCSc1nccs1)NCc1ccc(N2CCCC2=O)cc1.I. The van der Waals surface area contributed by atoms with E-state index in [1.54, 1.807) is 30.1 Å². The Labute approximate surface area is 191 Å². The molecule has 2 heterocycles. The number of thiazole rings is 1. The number of aromatic nitrogens is 1. The molecule has 1 amide bonds.